The minimum Gasteiger partial charge on any atom is -0.494 e. The number of ether oxygens (including phenoxy) is 1. The Hall–Kier alpha value is -3.91. The van der Waals surface area contributed by atoms with E-state index < -0.39 is 17.6 Å². The second kappa shape index (κ2) is 7.60. The van der Waals surface area contributed by atoms with Crippen LogP contribution < -0.4 is 15.0 Å². The van der Waals surface area contributed by atoms with Gasteiger partial charge in [-0.1, -0.05) is 18.2 Å². The van der Waals surface area contributed by atoms with Gasteiger partial charge < -0.3 is 14.1 Å². The summed E-state index contributed by atoms with van der Waals surface area (Å²) in [5, 5.41) is 2.53. The van der Waals surface area contributed by atoms with Crippen LogP contribution in [0.4, 0.5) is 10.1 Å². The van der Waals surface area contributed by atoms with Crippen molar-refractivity contribution in [1.82, 2.24) is 5.32 Å². The Morgan fingerprint density at radius 2 is 1.97 bits per heavy atom. The van der Waals surface area contributed by atoms with Crippen LogP contribution in [0.5, 0.6) is 5.75 Å². The lowest BCUT2D eigenvalue weighted by atomic mass is 9.92. The third kappa shape index (κ3) is 2.91. The molecule has 0 aliphatic carbocycles. The Morgan fingerprint density at radius 1 is 1.15 bits per heavy atom. The van der Waals surface area contributed by atoms with Gasteiger partial charge in [-0.2, -0.15) is 0 Å². The van der Waals surface area contributed by atoms with Gasteiger partial charge in [0.15, 0.2) is 11.6 Å². The van der Waals surface area contributed by atoms with Crippen molar-refractivity contribution in [2.45, 2.75) is 6.42 Å². The minimum absolute atomic E-state index is 0. The Labute approximate surface area is 193 Å². The summed E-state index contributed by atoms with van der Waals surface area (Å²) in [6.07, 6.45) is 5.70. The van der Waals surface area contributed by atoms with Crippen molar-refractivity contribution < 1.29 is 23.1 Å². The second-order valence-corrected chi connectivity index (χ2v) is 7.67. The van der Waals surface area contributed by atoms with Crippen LogP contribution in [0.3, 0.4) is 0 Å². The number of anilines is 1. The summed E-state index contributed by atoms with van der Waals surface area (Å²) in [4.78, 5) is 32.6. The van der Waals surface area contributed by atoms with E-state index in [9.17, 15) is 14.0 Å². The standard InChI is InChI=1S/C24H16FN3O4.ClH/c1-31-16-11-15(22-13(19(16)25)6-10-32-22)17-18(24(30)27-23(17)29)20-14-4-2-3-12-5-8-28(21(12)14)9-7-26-20;/h2-4,6-7,9-11H,5,8H2,1H3,(H,27,29,30);1H. The number of hydrogen-bond donors (Lipinski definition) is 1. The number of methoxy groups -OCH3 is 1. The highest BCUT2D eigenvalue weighted by Crippen LogP contribution is 2.40. The number of halogens is 2. The summed E-state index contributed by atoms with van der Waals surface area (Å²) in [5.41, 5.74) is 3.87. The largest absolute Gasteiger partial charge is 0.494 e. The first-order chi connectivity index (χ1) is 15.6. The van der Waals surface area contributed by atoms with E-state index in [1.807, 2.05) is 24.4 Å². The Balaban J connectivity index is 0.00000228. The molecule has 0 fully saturated rings. The van der Waals surface area contributed by atoms with Gasteiger partial charge in [0, 0.05) is 30.1 Å². The van der Waals surface area contributed by atoms with E-state index in [4.69, 9.17) is 9.15 Å². The SMILES string of the molecule is COc1cc(C2=C(C3=NC=CN4CCc5cccc3c54)C(=O)NC2=O)c2occc2c1F.Cl. The van der Waals surface area contributed by atoms with Gasteiger partial charge in [-0.25, -0.2) is 4.39 Å². The van der Waals surface area contributed by atoms with Crippen LogP contribution in [-0.4, -0.2) is 31.2 Å². The second-order valence-electron chi connectivity index (χ2n) is 7.67. The predicted molar refractivity (Wildman–Crippen MR) is 123 cm³/mol. The lowest BCUT2D eigenvalue weighted by Crippen LogP contribution is -2.25. The minimum atomic E-state index is -0.600. The maximum absolute atomic E-state index is 14.7. The van der Waals surface area contributed by atoms with Gasteiger partial charge in [0.05, 0.1) is 41.3 Å². The molecule has 3 aromatic rings. The molecule has 3 aliphatic heterocycles. The molecule has 1 N–H and O–H groups in total. The molecule has 0 atom stereocenters. The average molecular weight is 466 g/mol. The number of para-hydroxylation sites is 1. The number of aliphatic imine (C=N–C) groups is 1. The number of carbonyl (C=O) groups excluding carboxylic acids is 2. The molecule has 0 unspecified atom stereocenters. The molecule has 0 saturated heterocycles. The van der Waals surface area contributed by atoms with E-state index in [-0.39, 0.29) is 45.8 Å². The van der Waals surface area contributed by atoms with Crippen molar-refractivity contribution in [3.05, 3.63) is 77.1 Å². The number of hydrogen-bond acceptors (Lipinski definition) is 6. The van der Waals surface area contributed by atoms with Gasteiger partial charge >= 0.3 is 0 Å². The molecule has 0 bridgehead atoms. The van der Waals surface area contributed by atoms with Crippen molar-refractivity contribution in [3.63, 3.8) is 0 Å². The molecule has 0 saturated carbocycles. The molecule has 0 radical (unpaired) electrons. The fourth-order valence-corrected chi connectivity index (χ4v) is 4.64. The van der Waals surface area contributed by atoms with Gasteiger partial charge in [-0.05, 0) is 24.1 Å². The van der Waals surface area contributed by atoms with Crippen molar-refractivity contribution >= 4 is 52.2 Å². The van der Waals surface area contributed by atoms with Crippen LogP contribution in [-0.2, 0) is 16.0 Å². The Kier molecular flexibility index (Phi) is 4.83. The number of carbonyl (C=O) groups is 2. The first-order valence-corrected chi connectivity index (χ1v) is 10.1. The number of nitrogens with one attached hydrogen (secondary N) is 1. The lowest BCUT2D eigenvalue weighted by Gasteiger charge is -2.17. The zero-order valence-electron chi connectivity index (χ0n) is 17.3. The third-order valence-corrected chi connectivity index (χ3v) is 6.03. The monoisotopic (exact) mass is 465 g/mol. The fraction of sp³-hybridized carbons (Fsp3) is 0.125. The van der Waals surface area contributed by atoms with E-state index >= 15 is 0 Å². The quantitative estimate of drug-likeness (QED) is 0.596. The summed E-state index contributed by atoms with van der Waals surface area (Å²) in [7, 11) is 1.34. The summed E-state index contributed by atoms with van der Waals surface area (Å²) < 4.78 is 25.4. The average Bonchev–Trinajstić information content (AvgIpc) is 3.47. The molecule has 1 aromatic heterocycles. The summed E-state index contributed by atoms with van der Waals surface area (Å²) in [5.74, 6) is -1.82. The zero-order valence-corrected chi connectivity index (χ0v) is 18.2. The maximum atomic E-state index is 14.7. The molecule has 4 heterocycles. The summed E-state index contributed by atoms with van der Waals surface area (Å²) in [6.45, 7) is 0.810. The normalized spacial score (nSPS) is 16.5. The van der Waals surface area contributed by atoms with Gasteiger partial charge in [-0.3, -0.25) is 19.9 Å². The van der Waals surface area contributed by atoms with Crippen molar-refractivity contribution in [2.75, 3.05) is 18.6 Å². The predicted octanol–water partition coefficient (Wildman–Crippen LogP) is 3.75. The number of fused-ring (bicyclic) bond motifs is 1. The molecule has 6 rings (SSSR count). The highest BCUT2D eigenvalue weighted by Gasteiger charge is 2.38. The van der Waals surface area contributed by atoms with E-state index in [1.165, 1.54) is 25.5 Å². The molecule has 166 valence electrons. The number of amides is 2. The topological polar surface area (TPSA) is 84.1 Å². The summed E-state index contributed by atoms with van der Waals surface area (Å²) >= 11 is 0. The fourth-order valence-electron chi connectivity index (χ4n) is 4.64. The van der Waals surface area contributed by atoms with Crippen LogP contribution in [0, 0.1) is 5.82 Å². The summed E-state index contributed by atoms with van der Waals surface area (Å²) in [6, 6.07) is 8.68. The first-order valence-electron chi connectivity index (χ1n) is 10.1. The molecule has 9 heteroatoms. The van der Waals surface area contributed by atoms with Crippen LogP contribution in [0.15, 0.2) is 64.0 Å². The number of imide groups is 1. The smallest absolute Gasteiger partial charge is 0.261 e. The highest BCUT2D eigenvalue weighted by molar-refractivity contribution is 6.48. The van der Waals surface area contributed by atoms with E-state index in [2.05, 4.69) is 15.2 Å². The van der Waals surface area contributed by atoms with Crippen molar-refractivity contribution in [2.24, 2.45) is 4.99 Å². The van der Waals surface area contributed by atoms with E-state index in [0.29, 0.717) is 5.71 Å². The highest BCUT2D eigenvalue weighted by atomic mass is 35.5. The van der Waals surface area contributed by atoms with E-state index in [0.717, 1.165) is 29.8 Å². The van der Waals surface area contributed by atoms with Crippen LogP contribution in [0.25, 0.3) is 16.5 Å². The first kappa shape index (κ1) is 21.0. The van der Waals surface area contributed by atoms with Gasteiger partial charge in [0.2, 0.25) is 0 Å². The van der Waals surface area contributed by atoms with Gasteiger partial charge in [-0.15, -0.1) is 12.4 Å². The lowest BCUT2D eigenvalue weighted by molar-refractivity contribution is -0.123. The Morgan fingerprint density at radius 3 is 2.79 bits per heavy atom. The molecule has 2 amide bonds. The van der Waals surface area contributed by atoms with Crippen molar-refractivity contribution in [3.8, 4) is 5.75 Å². The number of benzene rings is 2. The molecule has 0 spiro atoms. The molecule has 3 aliphatic rings. The number of furan rings is 1. The van der Waals surface area contributed by atoms with Crippen LogP contribution in [0.2, 0.25) is 0 Å². The molecule has 7 nitrogen and oxygen atoms in total. The molecular weight excluding hydrogens is 449 g/mol. The van der Waals surface area contributed by atoms with Gasteiger partial charge in [0.1, 0.15) is 5.58 Å². The van der Waals surface area contributed by atoms with Gasteiger partial charge in [0.25, 0.3) is 11.8 Å². The zero-order chi connectivity index (χ0) is 22.0. The maximum Gasteiger partial charge on any atom is 0.261 e. The number of nitrogens with zero attached hydrogens (tertiary/aromatic N) is 2. The number of rotatable bonds is 3. The van der Waals surface area contributed by atoms with Crippen LogP contribution in [0.1, 0.15) is 16.7 Å². The Bertz CT molecular complexity index is 1450. The molecule has 33 heavy (non-hydrogen) atoms. The molecule has 2 aromatic carbocycles. The molecular formula is C24H17ClFN3O4. The third-order valence-electron chi connectivity index (χ3n) is 6.03. The van der Waals surface area contributed by atoms with E-state index in [1.54, 1.807) is 6.20 Å². The van der Waals surface area contributed by atoms with Crippen molar-refractivity contribution in [1.29, 1.82) is 0 Å². The van der Waals surface area contributed by atoms with Crippen LogP contribution >= 0.6 is 12.4 Å².